The van der Waals surface area contributed by atoms with Gasteiger partial charge in [0.05, 0.1) is 13.2 Å². The molecule has 1 aliphatic carbocycles. The maximum absolute atomic E-state index is 5.72. The minimum absolute atomic E-state index is 0. The SMILES string of the molecule is CCOc1ccc(CCNC(=NC)NCC2CCN(C3CC3)C2)cc1OCC.I. The van der Waals surface area contributed by atoms with Crippen molar-refractivity contribution in [2.24, 2.45) is 10.9 Å². The molecule has 7 heteroatoms. The van der Waals surface area contributed by atoms with Crippen molar-refractivity contribution >= 4 is 29.9 Å². The number of nitrogens with zero attached hydrogens (tertiary/aromatic N) is 2. The van der Waals surface area contributed by atoms with Crippen LogP contribution in [0.15, 0.2) is 23.2 Å². The van der Waals surface area contributed by atoms with E-state index in [0.717, 1.165) is 48.9 Å². The van der Waals surface area contributed by atoms with Crippen LogP contribution in [0.5, 0.6) is 11.5 Å². The van der Waals surface area contributed by atoms with E-state index in [2.05, 4.69) is 32.7 Å². The summed E-state index contributed by atoms with van der Waals surface area (Å²) in [6.45, 7) is 9.59. The average molecular weight is 516 g/mol. The normalized spacial score (nSPS) is 19.6. The first-order chi connectivity index (χ1) is 13.7. The van der Waals surface area contributed by atoms with Gasteiger partial charge in [0.25, 0.3) is 0 Å². The first kappa shape index (κ1) is 24.1. The largest absolute Gasteiger partial charge is 0.490 e. The van der Waals surface area contributed by atoms with Crippen LogP contribution < -0.4 is 20.1 Å². The lowest BCUT2D eigenvalue weighted by Gasteiger charge is -2.17. The number of ether oxygens (including phenoxy) is 2. The highest BCUT2D eigenvalue weighted by atomic mass is 127. The summed E-state index contributed by atoms with van der Waals surface area (Å²) in [6, 6.07) is 7.08. The Balaban J connectivity index is 0.00000300. The van der Waals surface area contributed by atoms with Crippen molar-refractivity contribution in [2.75, 3.05) is 46.4 Å². The molecule has 2 N–H and O–H groups in total. The van der Waals surface area contributed by atoms with Crippen molar-refractivity contribution in [1.29, 1.82) is 0 Å². The zero-order chi connectivity index (χ0) is 19.8. The van der Waals surface area contributed by atoms with Gasteiger partial charge in [-0.25, -0.2) is 0 Å². The minimum atomic E-state index is 0. The van der Waals surface area contributed by atoms with Crippen LogP contribution in [0, 0.1) is 5.92 Å². The number of halogens is 1. The molecule has 1 atom stereocenters. The molecule has 1 saturated carbocycles. The summed E-state index contributed by atoms with van der Waals surface area (Å²) in [6.07, 6.45) is 5.01. The second-order valence-electron chi connectivity index (χ2n) is 7.66. The summed E-state index contributed by atoms with van der Waals surface area (Å²) in [5.74, 6) is 3.26. The predicted molar refractivity (Wildman–Crippen MR) is 130 cm³/mol. The van der Waals surface area contributed by atoms with E-state index in [9.17, 15) is 0 Å². The Morgan fingerprint density at radius 3 is 2.55 bits per heavy atom. The summed E-state index contributed by atoms with van der Waals surface area (Å²) in [4.78, 5) is 7.03. The van der Waals surface area contributed by atoms with Crippen LogP contribution in [0.25, 0.3) is 0 Å². The molecule has 1 aliphatic heterocycles. The molecular formula is C22H37IN4O2. The Morgan fingerprint density at radius 2 is 1.86 bits per heavy atom. The van der Waals surface area contributed by atoms with Crippen LogP contribution in [0.1, 0.15) is 38.7 Å². The van der Waals surface area contributed by atoms with Gasteiger partial charge in [-0.15, -0.1) is 24.0 Å². The molecule has 1 aromatic carbocycles. The molecule has 164 valence electrons. The number of hydrogen-bond donors (Lipinski definition) is 2. The van der Waals surface area contributed by atoms with E-state index >= 15 is 0 Å². The van der Waals surface area contributed by atoms with E-state index in [4.69, 9.17) is 9.47 Å². The van der Waals surface area contributed by atoms with Crippen LogP contribution >= 0.6 is 24.0 Å². The molecule has 0 bridgehead atoms. The third-order valence-corrected chi connectivity index (χ3v) is 5.48. The molecular weight excluding hydrogens is 479 g/mol. The molecule has 0 spiro atoms. The Hall–Kier alpha value is -1.22. The van der Waals surface area contributed by atoms with Gasteiger partial charge in [0.1, 0.15) is 0 Å². The lowest BCUT2D eigenvalue weighted by molar-refractivity contribution is 0.287. The summed E-state index contributed by atoms with van der Waals surface area (Å²) in [5.41, 5.74) is 1.23. The number of hydrogen-bond acceptors (Lipinski definition) is 4. The standard InChI is InChI=1S/C22H36N4O2.HI/c1-4-27-20-9-6-17(14-21(20)28-5-2)10-12-24-22(23-3)25-15-18-11-13-26(16-18)19-7-8-19;/h6,9,14,18-19H,4-5,7-8,10-13,15-16H2,1-3H3,(H2,23,24,25);1H. The van der Waals surface area contributed by atoms with Crippen molar-refractivity contribution in [1.82, 2.24) is 15.5 Å². The molecule has 1 aromatic rings. The Bertz CT molecular complexity index is 652. The molecule has 29 heavy (non-hydrogen) atoms. The Kier molecular flexibility index (Phi) is 10.3. The van der Waals surface area contributed by atoms with Crippen molar-refractivity contribution in [3.8, 4) is 11.5 Å². The summed E-state index contributed by atoms with van der Waals surface area (Å²) in [5, 5.41) is 6.94. The number of benzene rings is 1. The highest BCUT2D eigenvalue weighted by molar-refractivity contribution is 14.0. The molecule has 1 saturated heterocycles. The van der Waals surface area contributed by atoms with Crippen molar-refractivity contribution in [3.63, 3.8) is 0 Å². The zero-order valence-electron chi connectivity index (χ0n) is 18.1. The van der Waals surface area contributed by atoms with Gasteiger partial charge in [-0.2, -0.15) is 0 Å². The summed E-state index contributed by atoms with van der Waals surface area (Å²) >= 11 is 0. The minimum Gasteiger partial charge on any atom is -0.490 e. The lowest BCUT2D eigenvalue weighted by Crippen LogP contribution is -2.41. The van der Waals surface area contributed by atoms with E-state index in [0.29, 0.717) is 13.2 Å². The molecule has 0 aromatic heterocycles. The first-order valence-electron chi connectivity index (χ1n) is 10.8. The summed E-state index contributed by atoms with van der Waals surface area (Å²) < 4.78 is 11.4. The molecule has 1 heterocycles. The number of guanidine groups is 1. The van der Waals surface area contributed by atoms with Crippen LogP contribution in [0.4, 0.5) is 0 Å². The zero-order valence-corrected chi connectivity index (χ0v) is 20.4. The molecule has 3 rings (SSSR count). The highest BCUT2D eigenvalue weighted by Crippen LogP contribution is 2.31. The van der Waals surface area contributed by atoms with Crippen LogP contribution in [-0.4, -0.2) is 63.3 Å². The van der Waals surface area contributed by atoms with E-state index in [1.165, 1.54) is 37.9 Å². The molecule has 1 unspecified atom stereocenters. The van der Waals surface area contributed by atoms with Crippen LogP contribution in [-0.2, 0) is 6.42 Å². The molecule has 2 fully saturated rings. The van der Waals surface area contributed by atoms with Gasteiger partial charge in [0.2, 0.25) is 0 Å². The third kappa shape index (κ3) is 7.51. The van der Waals surface area contributed by atoms with Gasteiger partial charge < -0.3 is 25.0 Å². The fraction of sp³-hybridized carbons (Fsp3) is 0.682. The second kappa shape index (κ2) is 12.5. The second-order valence-corrected chi connectivity index (χ2v) is 7.66. The van der Waals surface area contributed by atoms with Gasteiger partial charge in [0.15, 0.2) is 17.5 Å². The smallest absolute Gasteiger partial charge is 0.190 e. The van der Waals surface area contributed by atoms with E-state index < -0.39 is 0 Å². The number of rotatable bonds is 10. The Labute approximate surface area is 192 Å². The van der Waals surface area contributed by atoms with Gasteiger partial charge >= 0.3 is 0 Å². The highest BCUT2D eigenvalue weighted by Gasteiger charge is 2.34. The molecule has 2 aliphatic rings. The van der Waals surface area contributed by atoms with Gasteiger partial charge in [-0.05, 0) is 69.7 Å². The van der Waals surface area contributed by atoms with Crippen LogP contribution in [0.2, 0.25) is 0 Å². The molecule has 0 amide bonds. The van der Waals surface area contributed by atoms with Crippen molar-refractivity contribution in [3.05, 3.63) is 23.8 Å². The number of likely N-dealkylation sites (tertiary alicyclic amines) is 1. The number of nitrogens with one attached hydrogen (secondary N) is 2. The topological polar surface area (TPSA) is 58.1 Å². The van der Waals surface area contributed by atoms with Crippen LogP contribution in [0.3, 0.4) is 0 Å². The molecule has 6 nitrogen and oxygen atoms in total. The fourth-order valence-electron chi connectivity index (χ4n) is 3.84. The van der Waals surface area contributed by atoms with E-state index in [1.807, 2.05) is 27.0 Å². The van der Waals surface area contributed by atoms with E-state index in [1.54, 1.807) is 0 Å². The molecule has 0 radical (unpaired) electrons. The average Bonchev–Trinajstić information content (AvgIpc) is 3.45. The monoisotopic (exact) mass is 516 g/mol. The van der Waals surface area contributed by atoms with Crippen molar-refractivity contribution in [2.45, 2.75) is 45.6 Å². The quantitative estimate of drug-likeness (QED) is 0.284. The number of aliphatic imine (C=N–C) groups is 1. The maximum Gasteiger partial charge on any atom is 0.190 e. The van der Waals surface area contributed by atoms with E-state index in [-0.39, 0.29) is 24.0 Å². The summed E-state index contributed by atoms with van der Waals surface area (Å²) in [7, 11) is 1.84. The third-order valence-electron chi connectivity index (χ3n) is 5.48. The fourth-order valence-corrected chi connectivity index (χ4v) is 3.84. The lowest BCUT2D eigenvalue weighted by atomic mass is 10.1. The van der Waals surface area contributed by atoms with Gasteiger partial charge in [-0.3, -0.25) is 4.99 Å². The Morgan fingerprint density at radius 1 is 1.10 bits per heavy atom. The van der Waals surface area contributed by atoms with Gasteiger partial charge in [-0.1, -0.05) is 6.07 Å². The first-order valence-corrected chi connectivity index (χ1v) is 10.8. The predicted octanol–water partition coefficient (Wildman–Crippen LogP) is 3.29. The van der Waals surface area contributed by atoms with Crippen molar-refractivity contribution < 1.29 is 9.47 Å². The maximum atomic E-state index is 5.72. The van der Waals surface area contributed by atoms with Gasteiger partial charge in [0, 0.05) is 32.7 Å².